The summed E-state index contributed by atoms with van der Waals surface area (Å²) >= 11 is 0. The van der Waals surface area contributed by atoms with Crippen molar-refractivity contribution in [3.8, 4) is 0 Å². The lowest BCUT2D eigenvalue weighted by molar-refractivity contribution is -0.139. The minimum absolute atomic E-state index is 0.208. The number of hydrogen-bond acceptors (Lipinski definition) is 4. The van der Waals surface area contributed by atoms with Crippen molar-refractivity contribution in [2.45, 2.75) is 38.8 Å². The van der Waals surface area contributed by atoms with Crippen molar-refractivity contribution in [1.29, 1.82) is 0 Å². The Morgan fingerprint density at radius 3 is 2.54 bits per heavy atom. The van der Waals surface area contributed by atoms with Gasteiger partial charge in [0, 0.05) is 18.8 Å². The summed E-state index contributed by atoms with van der Waals surface area (Å²) in [6.45, 7) is 4.20. The van der Waals surface area contributed by atoms with Crippen molar-refractivity contribution in [3.05, 3.63) is 65.2 Å². The largest absolute Gasteiger partial charge is 0.469 e. The fraction of sp³-hybridized carbons (Fsp3) is 0.409. The molecule has 1 N–H and O–H groups in total. The third-order valence-corrected chi connectivity index (χ3v) is 4.85. The second-order valence-electron chi connectivity index (χ2n) is 6.96. The maximum Gasteiger partial charge on any atom is 0.309 e. The van der Waals surface area contributed by atoms with Gasteiger partial charge < -0.3 is 10.1 Å². The fourth-order valence-electron chi connectivity index (χ4n) is 3.45. The number of piperidine rings is 1. The molecule has 0 aliphatic carbocycles. The summed E-state index contributed by atoms with van der Waals surface area (Å²) in [4.78, 5) is 14.0. The van der Waals surface area contributed by atoms with Crippen LogP contribution in [-0.4, -0.2) is 31.1 Å². The third kappa shape index (κ3) is 5.60. The number of esters is 1. The van der Waals surface area contributed by atoms with Crippen LogP contribution in [-0.2, 0) is 29.0 Å². The van der Waals surface area contributed by atoms with E-state index in [2.05, 4.69) is 46.6 Å². The molecule has 0 saturated carbocycles. The van der Waals surface area contributed by atoms with E-state index in [0.29, 0.717) is 6.42 Å². The van der Waals surface area contributed by atoms with Crippen LogP contribution in [0.2, 0.25) is 0 Å². The van der Waals surface area contributed by atoms with Gasteiger partial charge in [-0.05, 0) is 54.8 Å². The van der Waals surface area contributed by atoms with E-state index in [-0.39, 0.29) is 5.97 Å². The van der Waals surface area contributed by atoms with Gasteiger partial charge in [0.1, 0.15) is 0 Å². The number of rotatable bonds is 7. The lowest BCUT2D eigenvalue weighted by atomic mass is 10.1. The van der Waals surface area contributed by atoms with Crippen molar-refractivity contribution in [3.63, 3.8) is 0 Å². The van der Waals surface area contributed by atoms with Crippen molar-refractivity contribution in [1.82, 2.24) is 4.90 Å². The van der Waals surface area contributed by atoms with Gasteiger partial charge in [-0.2, -0.15) is 0 Å². The molecule has 1 heterocycles. The normalized spacial score (nSPS) is 14.8. The second-order valence-corrected chi connectivity index (χ2v) is 6.96. The van der Waals surface area contributed by atoms with Gasteiger partial charge in [-0.25, -0.2) is 0 Å². The topological polar surface area (TPSA) is 41.6 Å². The summed E-state index contributed by atoms with van der Waals surface area (Å²) in [5, 5.41) is 3.50. The number of carbonyl (C=O) groups excluding carboxylic acids is 1. The first-order valence-corrected chi connectivity index (χ1v) is 9.43. The summed E-state index contributed by atoms with van der Waals surface area (Å²) in [6, 6.07) is 16.8. The number of likely N-dealkylation sites (tertiary alicyclic amines) is 1. The Morgan fingerprint density at radius 1 is 1.00 bits per heavy atom. The Balaban J connectivity index is 1.56. The lowest BCUT2D eigenvalue weighted by Gasteiger charge is -2.26. The van der Waals surface area contributed by atoms with Crippen molar-refractivity contribution < 1.29 is 9.53 Å². The molecule has 0 amide bonds. The van der Waals surface area contributed by atoms with Gasteiger partial charge in [0.2, 0.25) is 0 Å². The number of benzene rings is 2. The molecule has 4 heteroatoms. The highest BCUT2D eigenvalue weighted by molar-refractivity contribution is 5.72. The van der Waals surface area contributed by atoms with Gasteiger partial charge in [0.25, 0.3) is 0 Å². The molecule has 0 bridgehead atoms. The third-order valence-electron chi connectivity index (χ3n) is 4.85. The van der Waals surface area contributed by atoms with Gasteiger partial charge in [-0.3, -0.25) is 9.69 Å². The first kappa shape index (κ1) is 18.5. The van der Waals surface area contributed by atoms with E-state index in [1.54, 1.807) is 0 Å². The molecule has 1 fully saturated rings. The van der Waals surface area contributed by atoms with Crippen LogP contribution >= 0.6 is 0 Å². The van der Waals surface area contributed by atoms with E-state index in [4.69, 9.17) is 4.74 Å². The van der Waals surface area contributed by atoms with E-state index < -0.39 is 0 Å². The molecular weight excluding hydrogens is 324 g/mol. The highest BCUT2D eigenvalue weighted by Gasteiger charge is 2.10. The van der Waals surface area contributed by atoms with Gasteiger partial charge in [-0.1, -0.05) is 42.8 Å². The molecule has 2 aromatic rings. The van der Waals surface area contributed by atoms with Crippen LogP contribution < -0.4 is 5.32 Å². The molecule has 138 valence electrons. The standard InChI is InChI=1S/C22H28N2O2/c1-26-22(25)15-18-7-5-8-19(13-18)16-23-21-10-6-9-20(14-21)17-24-11-3-2-4-12-24/h5-10,13-14,23H,2-4,11-12,15-17H2,1H3. The SMILES string of the molecule is COC(=O)Cc1cccc(CNc2cccc(CN3CCCCC3)c2)c1. The molecule has 0 aromatic heterocycles. The molecule has 26 heavy (non-hydrogen) atoms. The number of methoxy groups -OCH3 is 1. The summed E-state index contributed by atoms with van der Waals surface area (Å²) in [6.07, 6.45) is 4.32. The molecule has 0 radical (unpaired) electrons. The van der Waals surface area contributed by atoms with E-state index in [1.807, 2.05) is 12.1 Å². The van der Waals surface area contributed by atoms with Crippen LogP contribution in [0.1, 0.15) is 36.0 Å². The van der Waals surface area contributed by atoms with Crippen LogP contribution in [0.4, 0.5) is 5.69 Å². The van der Waals surface area contributed by atoms with Crippen LogP contribution in [0.5, 0.6) is 0 Å². The fourth-order valence-corrected chi connectivity index (χ4v) is 3.45. The van der Waals surface area contributed by atoms with Gasteiger partial charge in [-0.15, -0.1) is 0 Å². The van der Waals surface area contributed by atoms with E-state index in [9.17, 15) is 4.79 Å². The number of carbonyl (C=O) groups is 1. The number of nitrogens with zero attached hydrogens (tertiary/aromatic N) is 1. The van der Waals surface area contributed by atoms with Crippen LogP contribution in [0, 0.1) is 0 Å². The quantitative estimate of drug-likeness (QED) is 0.765. The predicted molar refractivity (Wildman–Crippen MR) is 105 cm³/mol. The van der Waals surface area contributed by atoms with Crippen molar-refractivity contribution in [2.75, 3.05) is 25.5 Å². The first-order valence-electron chi connectivity index (χ1n) is 9.43. The average Bonchev–Trinajstić information content (AvgIpc) is 2.68. The van der Waals surface area contributed by atoms with Gasteiger partial charge in [0.05, 0.1) is 13.5 Å². The van der Waals surface area contributed by atoms with Crippen molar-refractivity contribution >= 4 is 11.7 Å². The Labute approximate surface area is 156 Å². The number of nitrogens with one attached hydrogen (secondary N) is 1. The lowest BCUT2D eigenvalue weighted by Crippen LogP contribution is -2.29. The van der Waals surface area contributed by atoms with E-state index >= 15 is 0 Å². The van der Waals surface area contributed by atoms with Crippen LogP contribution in [0.25, 0.3) is 0 Å². The highest BCUT2D eigenvalue weighted by atomic mass is 16.5. The minimum atomic E-state index is -0.208. The highest BCUT2D eigenvalue weighted by Crippen LogP contribution is 2.17. The zero-order valence-electron chi connectivity index (χ0n) is 15.5. The summed E-state index contributed by atoms with van der Waals surface area (Å²) in [5.74, 6) is -0.208. The Kier molecular flexibility index (Phi) is 6.67. The Bertz CT molecular complexity index is 724. The minimum Gasteiger partial charge on any atom is -0.469 e. The predicted octanol–water partition coefficient (Wildman–Crippen LogP) is 4.00. The molecule has 4 nitrogen and oxygen atoms in total. The number of hydrogen-bond donors (Lipinski definition) is 1. The van der Waals surface area contributed by atoms with Crippen molar-refractivity contribution in [2.24, 2.45) is 0 Å². The molecule has 1 aliphatic heterocycles. The molecule has 1 saturated heterocycles. The second kappa shape index (κ2) is 9.39. The number of anilines is 1. The molecule has 0 unspecified atom stereocenters. The molecule has 2 aromatic carbocycles. The smallest absolute Gasteiger partial charge is 0.309 e. The number of ether oxygens (including phenoxy) is 1. The maximum absolute atomic E-state index is 11.4. The molecule has 1 aliphatic rings. The van der Waals surface area contributed by atoms with Crippen LogP contribution in [0.3, 0.4) is 0 Å². The van der Waals surface area contributed by atoms with Crippen LogP contribution in [0.15, 0.2) is 48.5 Å². The van der Waals surface area contributed by atoms with E-state index in [1.165, 1.54) is 45.0 Å². The molecule has 0 atom stereocenters. The first-order chi connectivity index (χ1) is 12.7. The van der Waals surface area contributed by atoms with E-state index in [0.717, 1.165) is 29.9 Å². The molecule has 3 rings (SSSR count). The Morgan fingerprint density at radius 2 is 1.73 bits per heavy atom. The zero-order chi connectivity index (χ0) is 18.2. The monoisotopic (exact) mass is 352 g/mol. The maximum atomic E-state index is 11.4. The van der Waals surface area contributed by atoms with Gasteiger partial charge >= 0.3 is 5.97 Å². The van der Waals surface area contributed by atoms with Gasteiger partial charge in [0.15, 0.2) is 0 Å². The summed E-state index contributed by atoms with van der Waals surface area (Å²) < 4.78 is 4.74. The molecular formula is C22H28N2O2. The zero-order valence-corrected chi connectivity index (χ0v) is 15.5. The Hall–Kier alpha value is -2.33. The molecule has 0 spiro atoms. The summed E-state index contributed by atoms with van der Waals surface area (Å²) in [5.41, 5.74) is 4.64. The summed E-state index contributed by atoms with van der Waals surface area (Å²) in [7, 11) is 1.42. The average molecular weight is 352 g/mol.